The van der Waals surface area contributed by atoms with Crippen LogP contribution in [0.15, 0.2) is 18.2 Å². The number of carbonyl (C=O) groups excluding carboxylic acids is 1. The molecule has 0 radical (unpaired) electrons. The number of amides is 1. The molecule has 0 saturated carbocycles. The summed E-state index contributed by atoms with van der Waals surface area (Å²) < 4.78 is 0. The van der Waals surface area contributed by atoms with Gasteiger partial charge in [0.15, 0.2) is 0 Å². The van der Waals surface area contributed by atoms with Crippen LogP contribution >= 0.6 is 0 Å². The Hall–Kier alpha value is -1.35. The molecule has 2 rings (SSSR count). The van der Waals surface area contributed by atoms with Crippen molar-refractivity contribution in [1.29, 1.82) is 0 Å². The number of hydrogen-bond acceptors (Lipinski definition) is 2. The lowest BCUT2D eigenvalue weighted by molar-refractivity contribution is -0.119. The van der Waals surface area contributed by atoms with Gasteiger partial charge in [-0.25, -0.2) is 0 Å². The van der Waals surface area contributed by atoms with Crippen molar-refractivity contribution in [2.24, 2.45) is 0 Å². The molecule has 0 fully saturated rings. The smallest absolute Gasteiger partial charge is 0.217 e. The predicted octanol–water partition coefficient (Wildman–Crippen LogP) is 2.09. The first-order chi connectivity index (χ1) is 8.08. The number of benzene rings is 1. The molecular weight excluding hydrogens is 212 g/mol. The van der Waals surface area contributed by atoms with Gasteiger partial charge in [0.2, 0.25) is 5.91 Å². The van der Waals surface area contributed by atoms with Gasteiger partial charge < -0.3 is 10.6 Å². The van der Waals surface area contributed by atoms with Crippen molar-refractivity contribution in [3.63, 3.8) is 0 Å². The first-order valence-corrected chi connectivity index (χ1v) is 6.18. The van der Waals surface area contributed by atoms with E-state index in [2.05, 4.69) is 42.7 Å². The molecule has 3 nitrogen and oxygen atoms in total. The van der Waals surface area contributed by atoms with Crippen molar-refractivity contribution < 1.29 is 4.79 Å². The Kier molecular flexibility index (Phi) is 3.48. The third kappa shape index (κ3) is 2.67. The maximum absolute atomic E-state index is 11.2. The predicted molar refractivity (Wildman–Crippen MR) is 68.8 cm³/mol. The Balaban J connectivity index is 2.30. The second-order valence-corrected chi connectivity index (χ2v) is 5.00. The minimum Gasteiger partial charge on any atom is -0.348 e. The third-order valence-corrected chi connectivity index (χ3v) is 3.25. The number of hydrogen-bond donors (Lipinski definition) is 2. The second kappa shape index (κ2) is 4.88. The fourth-order valence-corrected chi connectivity index (χ4v) is 2.31. The van der Waals surface area contributed by atoms with Crippen LogP contribution in [0.25, 0.3) is 0 Å². The van der Waals surface area contributed by atoms with E-state index in [0.717, 1.165) is 13.1 Å². The van der Waals surface area contributed by atoms with Gasteiger partial charge in [0.05, 0.1) is 6.04 Å². The van der Waals surface area contributed by atoms with Crippen molar-refractivity contribution in [3.05, 3.63) is 34.9 Å². The Morgan fingerprint density at radius 2 is 2.24 bits per heavy atom. The van der Waals surface area contributed by atoms with E-state index in [1.165, 1.54) is 16.7 Å². The molecule has 0 spiro atoms. The number of rotatable bonds is 2. The molecule has 0 aliphatic carbocycles. The van der Waals surface area contributed by atoms with E-state index in [1.807, 2.05) is 0 Å². The van der Waals surface area contributed by atoms with Crippen LogP contribution in [-0.4, -0.2) is 12.5 Å². The Labute approximate surface area is 103 Å². The molecule has 1 amide bonds. The van der Waals surface area contributed by atoms with Crippen molar-refractivity contribution in [2.45, 2.75) is 39.3 Å². The van der Waals surface area contributed by atoms with Crippen LogP contribution in [0.2, 0.25) is 0 Å². The maximum Gasteiger partial charge on any atom is 0.217 e. The molecule has 2 N–H and O–H groups in total. The fourth-order valence-electron chi connectivity index (χ4n) is 2.31. The minimum atomic E-state index is 0.0255. The number of nitrogens with one attached hydrogen (secondary N) is 2. The summed E-state index contributed by atoms with van der Waals surface area (Å²) in [6, 6.07) is 6.69. The van der Waals surface area contributed by atoms with Crippen LogP contribution in [0.4, 0.5) is 0 Å². The summed E-state index contributed by atoms with van der Waals surface area (Å²) in [5.74, 6) is 0.569. The van der Waals surface area contributed by atoms with E-state index in [1.54, 1.807) is 6.92 Å². The molecule has 0 saturated heterocycles. The molecular formula is C14H20N2O. The molecule has 1 unspecified atom stereocenters. The zero-order chi connectivity index (χ0) is 12.4. The summed E-state index contributed by atoms with van der Waals surface area (Å²) >= 11 is 0. The van der Waals surface area contributed by atoms with Crippen LogP contribution in [0, 0.1) is 0 Å². The van der Waals surface area contributed by atoms with E-state index in [0.29, 0.717) is 5.92 Å². The number of carbonyl (C=O) groups is 1. The minimum absolute atomic E-state index is 0.0255. The Morgan fingerprint density at radius 3 is 2.88 bits per heavy atom. The van der Waals surface area contributed by atoms with Gasteiger partial charge >= 0.3 is 0 Å². The molecule has 0 bridgehead atoms. The molecule has 0 aromatic heterocycles. The molecule has 1 heterocycles. The monoisotopic (exact) mass is 232 g/mol. The van der Waals surface area contributed by atoms with Crippen LogP contribution < -0.4 is 10.6 Å². The molecule has 17 heavy (non-hydrogen) atoms. The third-order valence-electron chi connectivity index (χ3n) is 3.25. The standard InChI is InChI=1S/C14H20N2O/c1-9(2)11-4-5-13-12(6-11)7-15-8-14(13)16-10(3)17/h4-6,9,14-15H,7-8H2,1-3H3,(H,16,17). The molecule has 3 heteroatoms. The molecule has 1 aromatic carbocycles. The van der Waals surface area contributed by atoms with E-state index in [9.17, 15) is 4.79 Å². The molecule has 1 atom stereocenters. The first-order valence-electron chi connectivity index (χ1n) is 6.18. The van der Waals surface area contributed by atoms with Gasteiger partial charge in [0, 0.05) is 20.0 Å². The van der Waals surface area contributed by atoms with Crippen molar-refractivity contribution in [3.8, 4) is 0 Å². The van der Waals surface area contributed by atoms with Gasteiger partial charge in [0.25, 0.3) is 0 Å². The largest absolute Gasteiger partial charge is 0.348 e. The molecule has 1 aliphatic heterocycles. The SMILES string of the molecule is CC(=O)NC1CNCc2cc(C(C)C)ccc21. The van der Waals surface area contributed by atoms with Gasteiger partial charge in [-0.3, -0.25) is 4.79 Å². The van der Waals surface area contributed by atoms with Crippen LogP contribution in [0.1, 0.15) is 49.4 Å². The van der Waals surface area contributed by atoms with E-state index in [4.69, 9.17) is 0 Å². The summed E-state index contributed by atoms with van der Waals surface area (Å²) in [6.07, 6.45) is 0. The van der Waals surface area contributed by atoms with Crippen LogP contribution in [-0.2, 0) is 11.3 Å². The summed E-state index contributed by atoms with van der Waals surface area (Å²) in [5, 5.41) is 6.33. The summed E-state index contributed by atoms with van der Waals surface area (Å²) in [5.41, 5.74) is 3.92. The Bertz CT molecular complexity index is 426. The van der Waals surface area contributed by atoms with Crippen LogP contribution in [0.3, 0.4) is 0 Å². The Morgan fingerprint density at radius 1 is 1.47 bits per heavy atom. The van der Waals surface area contributed by atoms with E-state index >= 15 is 0 Å². The van der Waals surface area contributed by atoms with Gasteiger partial charge in [-0.05, 0) is 22.6 Å². The zero-order valence-corrected chi connectivity index (χ0v) is 10.7. The quantitative estimate of drug-likeness (QED) is 0.819. The first kappa shape index (κ1) is 12.1. The van der Waals surface area contributed by atoms with E-state index < -0.39 is 0 Å². The highest BCUT2D eigenvalue weighted by atomic mass is 16.1. The average Bonchev–Trinajstić information content (AvgIpc) is 2.28. The average molecular weight is 232 g/mol. The van der Waals surface area contributed by atoms with E-state index in [-0.39, 0.29) is 11.9 Å². The second-order valence-electron chi connectivity index (χ2n) is 5.00. The summed E-state index contributed by atoms with van der Waals surface area (Å²) in [4.78, 5) is 11.2. The lowest BCUT2D eigenvalue weighted by atomic mass is 9.91. The normalized spacial score (nSPS) is 18.9. The van der Waals surface area contributed by atoms with Gasteiger partial charge in [-0.15, -0.1) is 0 Å². The number of fused-ring (bicyclic) bond motifs is 1. The van der Waals surface area contributed by atoms with Crippen molar-refractivity contribution in [2.75, 3.05) is 6.54 Å². The van der Waals surface area contributed by atoms with Crippen LogP contribution in [0.5, 0.6) is 0 Å². The molecule has 1 aliphatic rings. The summed E-state index contributed by atoms with van der Waals surface area (Å²) in [6.45, 7) is 7.67. The summed E-state index contributed by atoms with van der Waals surface area (Å²) in [7, 11) is 0. The zero-order valence-electron chi connectivity index (χ0n) is 10.7. The maximum atomic E-state index is 11.2. The molecule has 1 aromatic rings. The topological polar surface area (TPSA) is 41.1 Å². The van der Waals surface area contributed by atoms with Crippen molar-refractivity contribution in [1.82, 2.24) is 10.6 Å². The van der Waals surface area contributed by atoms with Gasteiger partial charge in [-0.1, -0.05) is 32.0 Å². The highest BCUT2D eigenvalue weighted by molar-refractivity contribution is 5.73. The van der Waals surface area contributed by atoms with Gasteiger partial charge in [-0.2, -0.15) is 0 Å². The lowest BCUT2D eigenvalue weighted by Gasteiger charge is -2.27. The highest BCUT2D eigenvalue weighted by Crippen LogP contribution is 2.25. The fraction of sp³-hybridized carbons (Fsp3) is 0.500. The molecule has 92 valence electrons. The van der Waals surface area contributed by atoms with Gasteiger partial charge in [0.1, 0.15) is 0 Å². The lowest BCUT2D eigenvalue weighted by Crippen LogP contribution is -2.38. The highest BCUT2D eigenvalue weighted by Gasteiger charge is 2.20. The van der Waals surface area contributed by atoms with Crippen molar-refractivity contribution >= 4 is 5.91 Å².